The molecule has 1 fully saturated rings. The highest BCUT2D eigenvalue weighted by molar-refractivity contribution is 5.78. The van der Waals surface area contributed by atoms with Crippen molar-refractivity contribution in [3.8, 4) is 0 Å². The third-order valence-corrected chi connectivity index (χ3v) is 3.62. The first kappa shape index (κ1) is 10.8. The van der Waals surface area contributed by atoms with Gasteiger partial charge in [-0.05, 0) is 24.5 Å². The number of benzene rings is 1. The van der Waals surface area contributed by atoms with Crippen LogP contribution in [0.2, 0.25) is 0 Å². The van der Waals surface area contributed by atoms with Crippen LogP contribution in [0.5, 0.6) is 0 Å². The average Bonchev–Trinajstić information content (AvgIpc) is 2.68. The van der Waals surface area contributed by atoms with Crippen LogP contribution in [0.1, 0.15) is 37.5 Å². The summed E-state index contributed by atoms with van der Waals surface area (Å²) in [5.41, 5.74) is 0.246. The van der Waals surface area contributed by atoms with Crippen LogP contribution in [0.3, 0.4) is 0 Å². The minimum absolute atomic E-state index is 0.246. The number of furan rings is 1. The lowest BCUT2D eigenvalue weighted by Gasteiger charge is -2.26. The lowest BCUT2D eigenvalue weighted by molar-refractivity contribution is 0.0998. The molecule has 0 aliphatic heterocycles. The maximum atomic E-state index is 13.4. The molecule has 0 spiro atoms. The third kappa shape index (κ3) is 1.95. The molecule has 1 saturated carbocycles. The molecule has 1 N–H and O–H groups in total. The zero-order valence-electron chi connectivity index (χ0n) is 9.53. The van der Waals surface area contributed by atoms with Crippen LogP contribution in [0.4, 0.5) is 4.39 Å². The molecule has 17 heavy (non-hydrogen) atoms. The van der Waals surface area contributed by atoms with E-state index in [4.69, 9.17) is 4.42 Å². The predicted octanol–water partition coefficient (Wildman–Crippen LogP) is 3.80. The Hall–Kier alpha value is -1.35. The Bertz CT molecular complexity index is 528. The van der Waals surface area contributed by atoms with Crippen LogP contribution >= 0.6 is 0 Å². The van der Waals surface area contributed by atoms with E-state index in [0.29, 0.717) is 17.1 Å². The molecule has 1 aromatic carbocycles. The summed E-state index contributed by atoms with van der Waals surface area (Å²) in [6, 6.07) is 6.55. The molecule has 1 aromatic heterocycles. The Morgan fingerprint density at radius 3 is 2.88 bits per heavy atom. The van der Waals surface area contributed by atoms with Gasteiger partial charge in [0.15, 0.2) is 11.4 Å². The average molecular weight is 234 g/mol. The Morgan fingerprint density at radius 2 is 2.24 bits per heavy atom. The fourth-order valence-electron chi connectivity index (χ4n) is 2.37. The summed E-state index contributed by atoms with van der Waals surface area (Å²) in [4.78, 5) is 0. The van der Waals surface area contributed by atoms with Gasteiger partial charge in [-0.3, -0.25) is 0 Å². The molecule has 3 heteroatoms. The highest BCUT2D eigenvalue weighted by Gasteiger charge is 2.24. The second-order valence-electron chi connectivity index (χ2n) is 4.86. The van der Waals surface area contributed by atoms with Gasteiger partial charge in [-0.1, -0.05) is 31.4 Å². The molecule has 1 atom stereocenters. The Labute approximate surface area is 99.1 Å². The Balaban J connectivity index is 1.86. The first-order valence-corrected chi connectivity index (χ1v) is 6.10. The molecule has 3 rings (SSSR count). The largest absolute Gasteiger partial charge is 0.455 e. The maximum Gasteiger partial charge on any atom is 0.170 e. The van der Waals surface area contributed by atoms with Crippen molar-refractivity contribution in [3.63, 3.8) is 0 Å². The fourth-order valence-corrected chi connectivity index (χ4v) is 2.37. The van der Waals surface area contributed by atoms with Crippen LogP contribution in [0, 0.1) is 11.7 Å². The van der Waals surface area contributed by atoms with Gasteiger partial charge in [0.2, 0.25) is 0 Å². The summed E-state index contributed by atoms with van der Waals surface area (Å²) in [5, 5.41) is 10.7. The summed E-state index contributed by atoms with van der Waals surface area (Å²) in [5.74, 6) is 0.713. The molecule has 0 radical (unpaired) electrons. The number of aliphatic hydroxyl groups is 1. The second kappa shape index (κ2) is 4.15. The van der Waals surface area contributed by atoms with E-state index >= 15 is 0 Å². The van der Waals surface area contributed by atoms with E-state index < -0.39 is 6.10 Å². The van der Waals surface area contributed by atoms with Crippen molar-refractivity contribution >= 4 is 11.0 Å². The molecule has 1 aliphatic carbocycles. The van der Waals surface area contributed by atoms with Crippen molar-refractivity contribution in [2.45, 2.75) is 31.8 Å². The molecule has 1 unspecified atom stereocenters. The monoisotopic (exact) mass is 234 g/mol. The molecule has 2 aromatic rings. The summed E-state index contributed by atoms with van der Waals surface area (Å²) in [6.45, 7) is 0. The van der Waals surface area contributed by atoms with E-state index in [9.17, 15) is 9.50 Å². The van der Waals surface area contributed by atoms with Crippen molar-refractivity contribution < 1.29 is 13.9 Å². The normalized spacial score (nSPS) is 18.2. The van der Waals surface area contributed by atoms with Gasteiger partial charge in [0.05, 0.1) is 0 Å². The SMILES string of the molecule is OC(CC1CCC1)c1cc2cccc(F)c2o1. The zero-order valence-corrected chi connectivity index (χ0v) is 9.53. The number of hydrogen-bond donors (Lipinski definition) is 1. The van der Waals surface area contributed by atoms with Crippen molar-refractivity contribution in [2.75, 3.05) is 0 Å². The molecular weight excluding hydrogens is 219 g/mol. The first-order chi connectivity index (χ1) is 8.24. The van der Waals surface area contributed by atoms with Gasteiger partial charge in [-0.15, -0.1) is 0 Å². The number of para-hydroxylation sites is 1. The van der Waals surface area contributed by atoms with Crippen molar-refractivity contribution in [1.29, 1.82) is 0 Å². The van der Waals surface area contributed by atoms with Crippen LogP contribution in [0.15, 0.2) is 28.7 Å². The summed E-state index contributed by atoms with van der Waals surface area (Å²) in [6.07, 6.45) is 3.75. The van der Waals surface area contributed by atoms with Crippen molar-refractivity contribution in [2.24, 2.45) is 5.92 Å². The van der Waals surface area contributed by atoms with Gasteiger partial charge < -0.3 is 9.52 Å². The van der Waals surface area contributed by atoms with Gasteiger partial charge in [-0.2, -0.15) is 0 Å². The zero-order chi connectivity index (χ0) is 11.8. The molecule has 0 saturated heterocycles. The van der Waals surface area contributed by atoms with Crippen molar-refractivity contribution in [1.82, 2.24) is 0 Å². The lowest BCUT2D eigenvalue weighted by atomic mass is 9.81. The van der Waals surface area contributed by atoms with Crippen LogP contribution in [0.25, 0.3) is 11.0 Å². The molecule has 2 nitrogen and oxygen atoms in total. The maximum absolute atomic E-state index is 13.4. The minimum atomic E-state index is -0.605. The number of halogens is 1. The van der Waals surface area contributed by atoms with Gasteiger partial charge in [0.1, 0.15) is 11.9 Å². The smallest absolute Gasteiger partial charge is 0.170 e. The highest BCUT2D eigenvalue weighted by atomic mass is 19.1. The van der Waals surface area contributed by atoms with E-state index in [-0.39, 0.29) is 11.4 Å². The Morgan fingerprint density at radius 1 is 1.41 bits per heavy atom. The summed E-state index contributed by atoms with van der Waals surface area (Å²) in [7, 11) is 0. The number of hydrogen-bond acceptors (Lipinski definition) is 2. The second-order valence-corrected chi connectivity index (χ2v) is 4.86. The van der Waals surface area contributed by atoms with Crippen molar-refractivity contribution in [3.05, 3.63) is 35.8 Å². The fraction of sp³-hybridized carbons (Fsp3) is 0.429. The molecule has 0 bridgehead atoms. The molecule has 90 valence electrons. The number of fused-ring (bicyclic) bond motifs is 1. The van der Waals surface area contributed by atoms with Crippen LogP contribution in [-0.4, -0.2) is 5.11 Å². The van der Waals surface area contributed by atoms with Gasteiger partial charge in [-0.25, -0.2) is 4.39 Å². The highest BCUT2D eigenvalue weighted by Crippen LogP contribution is 2.36. The molecule has 1 aliphatic rings. The predicted molar refractivity (Wildman–Crippen MR) is 63.1 cm³/mol. The van der Waals surface area contributed by atoms with Crippen LogP contribution < -0.4 is 0 Å². The quantitative estimate of drug-likeness (QED) is 0.876. The third-order valence-electron chi connectivity index (χ3n) is 3.62. The molecule has 0 amide bonds. The lowest BCUT2D eigenvalue weighted by Crippen LogP contribution is -2.14. The van der Waals surface area contributed by atoms with E-state index in [1.807, 2.05) is 0 Å². The Kier molecular flexibility index (Phi) is 2.63. The summed E-state index contributed by atoms with van der Waals surface area (Å²) < 4.78 is 18.8. The van der Waals surface area contributed by atoms with Gasteiger partial charge >= 0.3 is 0 Å². The summed E-state index contributed by atoms with van der Waals surface area (Å²) >= 11 is 0. The topological polar surface area (TPSA) is 33.4 Å². The van der Waals surface area contributed by atoms with E-state index in [1.165, 1.54) is 25.3 Å². The molecular formula is C14H15FO2. The minimum Gasteiger partial charge on any atom is -0.455 e. The van der Waals surface area contributed by atoms with Gasteiger partial charge in [0, 0.05) is 5.39 Å². The van der Waals surface area contributed by atoms with Gasteiger partial charge in [0.25, 0.3) is 0 Å². The molecule has 1 heterocycles. The first-order valence-electron chi connectivity index (χ1n) is 6.10. The number of rotatable bonds is 3. The van der Waals surface area contributed by atoms with Crippen LogP contribution in [-0.2, 0) is 0 Å². The van der Waals surface area contributed by atoms with E-state index in [2.05, 4.69) is 0 Å². The standard InChI is InChI=1S/C14H15FO2/c15-11-6-2-5-10-8-13(17-14(10)11)12(16)7-9-3-1-4-9/h2,5-6,8-9,12,16H,1,3-4,7H2. The number of aliphatic hydroxyl groups excluding tert-OH is 1. The van der Waals surface area contributed by atoms with E-state index in [1.54, 1.807) is 18.2 Å². The van der Waals surface area contributed by atoms with E-state index in [0.717, 1.165) is 6.42 Å².